The van der Waals surface area contributed by atoms with Crippen LogP contribution in [0.2, 0.25) is 0 Å². The van der Waals surface area contributed by atoms with Gasteiger partial charge in [-0.1, -0.05) is 12.1 Å². The molecule has 0 spiro atoms. The highest BCUT2D eigenvalue weighted by Crippen LogP contribution is 2.12. The zero-order valence-electron chi connectivity index (χ0n) is 9.61. The third-order valence-electron chi connectivity index (χ3n) is 2.44. The molecule has 0 radical (unpaired) electrons. The smallest absolute Gasteiger partial charge is 0.269 e. The molecule has 1 aromatic heterocycles. The minimum Gasteiger partial charge on any atom is -0.368 e. The number of anilines is 1. The van der Waals surface area contributed by atoms with Crippen LogP contribution in [0.25, 0.3) is 0 Å². The van der Waals surface area contributed by atoms with E-state index >= 15 is 0 Å². The molecule has 0 atom stereocenters. The van der Waals surface area contributed by atoms with E-state index in [0.717, 1.165) is 17.8 Å². The van der Waals surface area contributed by atoms with Crippen LogP contribution >= 0.6 is 0 Å². The Hall–Kier alpha value is -2.50. The third kappa shape index (κ3) is 3.24. The molecule has 1 heterocycles. The van der Waals surface area contributed by atoms with Crippen LogP contribution in [0, 0.1) is 10.1 Å². The van der Waals surface area contributed by atoms with Gasteiger partial charge in [0.25, 0.3) is 5.69 Å². The Morgan fingerprint density at radius 1 is 1.22 bits per heavy atom. The molecule has 0 aliphatic heterocycles. The first-order chi connectivity index (χ1) is 8.75. The van der Waals surface area contributed by atoms with Crippen molar-refractivity contribution in [2.45, 2.75) is 6.42 Å². The normalized spacial score (nSPS) is 10.0. The van der Waals surface area contributed by atoms with Crippen molar-refractivity contribution in [3.63, 3.8) is 0 Å². The maximum Gasteiger partial charge on any atom is 0.269 e. The van der Waals surface area contributed by atoms with Gasteiger partial charge in [-0.25, -0.2) is 0 Å². The highest BCUT2D eigenvalue weighted by Gasteiger charge is 2.03. The Kier molecular flexibility index (Phi) is 3.80. The molecule has 6 nitrogen and oxygen atoms in total. The van der Waals surface area contributed by atoms with Crippen molar-refractivity contribution in [2.75, 3.05) is 11.9 Å². The summed E-state index contributed by atoms with van der Waals surface area (Å²) in [5.74, 6) is 0.722. The third-order valence-corrected chi connectivity index (χ3v) is 2.44. The number of benzene rings is 1. The van der Waals surface area contributed by atoms with Gasteiger partial charge in [-0.15, -0.1) is 5.10 Å². The molecule has 92 valence electrons. The van der Waals surface area contributed by atoms with Gasteiger partial charge in [-0.2, -0.15) is 5.10 Å². The van der Waals surface area contributed by atoms with E-state index in [2.05, 4.69) is 15.5 Å². The van der Waals surface area contributed by atoms with Crippen molar-refractivity contribution in [3.8, 4) is 0 Å². The van der Waals surface area contributed by atoms with Gasteiger partial charge in [-0.3, -0.25) is 10.1 Å². The van der Waals surface area contributed by atoms with Crippen molar-refractivity contribution in [2.24, 2.45) is 0 Å². The molecule has 0 amide bonds. The summed E-state index contributed by atoms with van der Waals surface area (Å²) in [6, 6.07) is 10.2. The lowest BCUT2D eigenvalue weighted by atomic mass is 10.1. The number of aromatic nitrogens is 2. The van der Waals surface area contributed by atoms with Crippen molar-refractivity contribution < 1.29 is 4.92 Å². The number of nitrogens with one attached hydrogen (secondary N) is 1. The first-order valence-electron chi connectivity index (χ1n) is 5.50. The summed E-state index contributed by atoms with van der Waals surface area (Å²) in [6.45, 7) is 0.705. The zero-order valence-corrected chi connectivity index (χ0v) is 9.61. The fourth-order valence-electron chi connectivity index (χ4n) is 1.52. The summed E-state index contributed by atoms with van der Waals surface area (Å²) in [5, 5.41) is 21.3. The zero-order chi connectivity index (χ0) is 12.8. The molecule has 1 aromatic carbocycles. The van der Waals surface area contributed by atoms with Crippen LogP contribution in [0.5, 0.6) is 0 Å². The summed E-state index contributed by atoms with van der Waals surface area (Å²) in [7, 11) is 0. The molecule has 0 saturated carbocycles. The van der Waals surface area contributed by atoms with Crippen molar-refractivity contribution >= 4 is 11.5 Å². The Balaban J connectivity index is 1.85. The predicted molar refractivity (Wildman–Crippen MR) is 67.3 cm³/mol. The molecule has 2 rings (SSSR count). The van der Waals surface area contributed by atoms with Crippen molar-refractivity contribution in [1.29, 1.82) is 0 Å². The first kappa shape index (κ1) is 12.0. The Labute approximate surface area is 104 Å². The highest BCUT2D eigenvalue weighted by atomic mass is 16.6. The Bertz CT molecular complexity index is 513. The van der Waals surface area contributed by atoms with Crippen LogP contribution in [0.1, 0.15) is 5.56 Å². The van der Waals surface area contributed by atoms with Gasteiger partial charge in [0.15, 0.2) is 0 Å². The maximum absolute atomic E-state index is 10.5. The molecule has 0 bridgehead atoms. The van der Waals surface area contributed by atoms with Crippen LogP contribution < -0.4 is 5.32 Å². The van der Waals surface area contributed by atoms with E-state index in [1.807, 2.05) is 6.07 Å². The van der Waals surface area contributed by atoms with E-state index in [1.165, 1.54) is 12.1 Å². The van der Waals surface area contributed by atoms with E-state index in [-0.39, 0.29) is 5.69 Å². The molecule has 0 fully saturated rings. The summed E-state index contributed by atoms with van der Waals surface area (Å²) in [4.78, 5) is 10.1. The summed E-state index contributed by atoms with van der Waals surface area (Å²) < 4.78 is 0. The second kappa shape index (κ2) is 5.72. The number of hydrogen-bond donors (Lipinski definition) is 1. The first-order valence-corrected chi connectivity index (χ1v) is 5.50. The van der Waals surface area contributed by atoms with Gasteiger partial charge in [0.05, 0.1) is 4.92 Å². The summed E-state index contributed by atoms with van der Waals surface area (Å²) in [6.07, 6.45) is 2.38. The largest absolute Gasteiger partial charge is 0.368 e. The molecule has 0 unspecified atom stereocenters. The van der Waals surface area contributed by atoms with Crippen LogP contribution in [0.4, 0.5) is 11.5 Å². The van der Waals surface area contributed by atoms with E-state index in [1.54, 1.807) is 24.4 Å². The average Bonchev–Trinajstić information content (AvgIpc) is 2.40. The lowest BCUT2D eigenvalue weighted by molar-refractivity contribution is -0.384. The van der Waals surface area contributed by atoms with Gasteiger partial charge in [0.2, 0.25) is 0 Å². The maximum atomic E-state index is 10.5. The molecule has 0 aliphatic carbocycles. The molecule has 1 N–H and O–H groups in total. The summed E-state index contributed by atoms with van der Waals surface area (Å²) in [5.41, 5.74) is 1.15. The fourth-order valence-corrected chi connectivity index (χ4v) is 1.52. The van der Waals surface area contributed by atoms with Crippen molar-refractivity contribution in [1.82, 2.24) is 10.2 Å². The van der Waals surface area contributed by atoms with E-state index in [0.29, 0.717) is 6.54 Å². The van der Waals surface area contributed by atoms with E-state index < -0.39 is 4.92 Å². The average molecular weight is 244 g/mol. The molecule has 2 aromatic rings. The van der Waals surface area contributed by atoms with Gasteiger partial charge < -0.3 is 5.32 Å². The number of nitro benzene ring substituents is 1. The van der Waals surface area contributed by atoms with E-state index in [9.17, 15) is 10.1 Å². The van der Waals surface area contributed by atoms with Gasteiger partial charge in [-0.05, 0) is 24.1 Å². The van der Waals surface area contributed by atoms with E-state index in [4.69, 9.17) is 0 Å². The Morgan fingerprint density at radius 2 is 2.00 bits per heavy atom. The Morgan fingerprint density at radius 3 is 2.61 bits per heavy atom. The van der Waals surface area contributed by atoms with Gasteiger partial charge >= 0.3 is 0 Å². The lowest BCUT2D eigenvalue weighted by Crippen LogP contribution is -2.06. The lowest BCUT2D eigenvalue weighted by Gasteiger charge is -2.04. The second-order valence-corrected chi connectivity index (χ2v) is 3.71. The molecular weight excluding hydrogens is 232 g/mol. The predicted octanol–water partition coefficient (Wildman–Crippen LogP) is 2.04. The van der Waals surface area contributed by atoms with Gasteiger partial charge in [0.1, 0.15) is 5.82 Å². The SMILES string of the molecule is O=[N+]([O-])c1ccc(CCNc2cccnn2)cc1. The quantitative estimate of drug-likeness (QED) is 0.643. The fraction of sp³-hybridized carbons (Fsp3) is 0.167. The minimum absolute atomic E-state index is 0.112. The molecule has 6 heteroatoms. The molecular formula is C12H12N4O2. The van der Waals surface area contributed by atoms with Crippen molar-refractivity contribution in [3.05, 3.63) is 58.3 Å². The number of nitro groups is 1. The van der Waals surface area contributed by atoms with Crippen LogP contribution in [0.15, 0.2) is 42.6 Å². The number of rotatable bonds is 5. The minimum atomic E-state index is -0.401. The monoisotopic (exact) mass is 244 g/mol. The molecule has 18 heavy (non-hydrogen) atoms. The topological polar surface area (TPSA) is 81.0 Å². The van der Waals surface area contributed by atoms with Gasteiger partial charge in [0, 0.05) is 24.9 Å². The number of hydrogen-bond acceptors (Lipinski definition) is 5. The summed E-state index contributed by atoms with van der Waals surface area (Å²) >= 11 is 0. The van der Waals surface area contributed by atoms with Crippen LogP contribution in [-0.2, 0) is 6.42 Å². The van der Waals surface area contributed by atoms with Crippen LogP contribution in [0.3, 0.4) is 0 Å². The highest BCUT2D eigenvalue weighted by molar-refractivity contribution is 5.34. The van der Waals surface area contributed by atoms with Crippen LogP contribution in [-0.4, -0.2) is 21.7 Å². The standard InChI is InChI=1S/C12H12N4O2/c17-16(18)11-5-3-10(4-6-11)7-9-13-12-2-1-8-14-15-12/h1-6,8H,7,9H2,(H,13,15). The number of non-ortho nitro benzene ring substituents is 1. The molecule has 0 aliphatic rings. The second-order valence-electron chi connectivity index (χ2n) is 3.71. The number of nitrogens with zero attached hydrogens (tertiary/aromatic N) is 3. The molecule has 0 saturated heterocycles.